The van der Waals surface area contributed by atoms with Crippen molar-refractivity contribution in [2.24, 2.45) is 0 Å². The van der Waals surface area contributed by atoms with Gasteiger partial charge in [0.15, 0.2) is 0 Å². The summed E-state index contributed by atoms with van der Waals surface area (Å²) in [5, 5.41) is 10.9. The Kier molecular flexibility index (Phi) is 5.33. The topological polar surface area (TPSA) is 64.3 Å². The minimum atomic E-state index is -0.813. The molecule has 5 nitrogen and oxygen atoms in total. The van der Waals surface area contributed by atoms with Gasteiger partial charge in [-0.05, 0) is 41.7 Å². The number of benzene rings is 2. The highest BCUT2D eigenvalue weighted by Gasteiger charge is 2.15. The number of nitrogens with zero attached hydrogens (tertiary/aromatic N) is 2. The Morgan fingerprint density at radius 2 is 1.93 bits per heavy atom. The van der Waals surface area contributed by atoms with Crippen LogP contribution in [0, 0.1) is 6.92 Å². The average molecular weight is 366 g/mol. The summed E-state index contributed by atoms with van der Waals surface area (Å²) in [7, 11) is 0. The molecular formula is C22H26N2O3. The van der Waals surface area contributed by atoms with Crippen molar-refractivity contribution >= 4 is 10.9 Å². The van der Waals surface area contributed by atoms with E-state index in [2.05, 4.69) is 31.8 Å². The standard InChI is InChI=1S/C22H26N2O3/c1-15-11-16(22(2,3)4)9-10-20(15)27-13-17(25)12-24-14-23-19-8-6-5-7-18(19)21(24)26/h5-11,14,17,25H,12-13H2,1-4H3. The van der Waals surface area contributed by atoms with Crippen LogP contribution in [0.5, 0.6) is 5.75 Å². The second-order valence-electron chi connectivity index (χ2n) is 7.91. The molecule has 3 rings (SSSR count). The van der Waals surface area contributed by atoms with E-state index in [0.717, 1.165) is 11.3 Å². The molecule has 1 aromatic heterocycles. The highest BCUT2D eigenvalue weighted by Crippen LogP contribution is 2.27. The fourth-order valence-electron chi connectivity index (χ4n) is 2.98. The summed E-state index contributed by atoms with van der Waals surface area (Å²) in [6.45, 7) is 8.74. The predicted molar refractivity (Wildman–Crippen MR) is 107 cm³/mol. The van der Waals surface area contributed by atoms with E-state index in [-0.39, 0.29) is 24.1 Å². The fourth-order valence-corrected chi connectivity index (χ4v) is 2.98. The summed E-state index contributed by atoms with van der Waals surface area (Å²) in [6.07, 6.45) is 0.657. The van der Waals surface area contributed by atoms with Crippen molar-refractivity contribution in [1.29, 1.82) is 0 Å². The van der Waals surface area contributed by atoms with E-state index >= 15 is 0 Å². The van der Waals surface area contributed by atoms with Crippen LogP contribution < -0.4 is 10.3 Å². The molecule has 0 saturated carbocycles. The molecule has 5 heteroatoms. The van der Waals surface area contributed by atoms with Crippen LogP contribution in [0.1, 0.15) is 31.9 Å². The number of aromatic nitrogens is 2. The lowest BCUT2D eigenvalue weighted by Crippen LogP contribution is -2.30. The minimum Gasteiger partial charge on any atom is -0.491 e. The first kappa shape index (κ1) is 19.1. The highest BCUT2D eigenvalue weighted by molar-refractivity contribution is 5.76. The second-order valence-corrected chi connectivity index (χ2v) is 7.91. The summed E-state index contributed by atoms with van der Waals surface area (Å²) >= 11 is 0. The molecule has 0 aliphatic carbocycles. The fraction of sp³-hybridized carbons (Fsp3) is 0.364. The Hall–Kier alpha value is -2.66. The van der Waals surface area contributed by atoms with Gasteiger partial charge in [-0.2, -0.15) is 0 Å². The third-order valence-electron chi connectivity index (χ3n) is 4.61. The van der Waals surface area contributed by atoms with Gasteiger partial charge < -0.3 is 9.84 Å². The van der Waals surface area contributed by atoms with Crippen molar-refractivity contribution in [3.05, 3.63) is 70.3 Å². The number of aliphatic hydroxyl groups is 1. The molecule has 1 N–H and O–H groups in total. The van der Waals surface area contributed by atoms with Gasteiger partial charge in [0.05, 0.1) is 23.8 Å². The highest BCUT2D eigenvalue weighted by atomic mass is 16.5. The first-order chi connectivity index (χ1) is 12.8. The normalized spacial score (nSPS) is 12.9. The van der Waals surface area contributed by atoms with Crippen LogP contribution in [0.3, 0.4) is 0 Å². The molecule has 0 spiro atoms. The third-order valence-corrected chi connectivity index (χ3v) is 4.61. The first-order valence-corrected chi connectivity index (χ1v) is 9.12. The zero-order chi connectivity index (χ0) is 19.6. The van der Waals surface area contributed by atoms with Crippen LogP contribution in [0.4, 0.5) is 0 Å². The zero-order valence-electron chi connectivity index (χ0n) is 16.3. The van der Waals surface area contributed by atoms with Crippen LogP contribution in [0.25, 0.3) is 10.9 Å². The Morgan fingerprint density at radius 3 is 2.63 bits per heavy atom. The number of rotatable bonds is 5. The van der Waals surface area contributed by atoms with E-state index in [4.69, 9.17) is 4.74 Å². The van der Waals surface area contributed by atoms with E-state index in [1.807, 2.05) is 25.1 Å². The summed E-state index contributed by atoms with van der Waals surface area (Å²) in [5.41, 5.74) is 2.83. The van der Waals surface area contributed by atoms with Gasteiger partial charge in [0.1, 0.15) is 18.5 Å². The van der Waals surface area contributed by atoms with Gasteiger partial charge in [0.2, 0.25) is 0 Å². The van der Waals surface area contributed by atoms with E-state index in [1.54, 1.807) is 18.2 Å². The molecule has 0 bridgehead atoms. The molecule has 1 heterocycles. The SMILES string of the molecule is Cc1cc(C(C)(C)C)ccc1OCC(O)Cn1cnc2ccccc2c1=O. The predicted octanol–water partition coefficient (Wildman–Crippen LogP) is 3.44. The van der Waals surface area contributed by atoms with Crippen LogP contribution in [0.15, 0.2) is 53.6 Å². The van der Waals surface area contributed by atoms with E-state index in [9.17, 15) is 9.90 Å². The van der Waals surface area contributed by atoms with Gasteiger partial charge in [0, 0.05) is 0 Å². The summed E-state index contributed by atoms with van der Waals surface area (Å²) in [4.78, 5) is 16.8. The molecule has 1 unspecified atom stereocenters. The van der Waals surface area contributed by atoms with Gasteiger partial charge in [-0.1, -0.05) is 45.0 Å². The monoisotopic (exact) mass is 366 g/mol. The van der Waals surface area contributed by atoms with Crippen molar-refractivity contribution in [2.45, 2.75) is 45.8 Å². The van der Waals surface area contributed by atoms with Crippen LogP contribution >= 0.6 is 0 Å². The van der Waals surface area contributed by atoms with Gasteiger partial charge in [-0.3, -0.25) is 9.36 Å². The van der Waals surface area contributed by atoms with Gasteiger partial charge in [-0.15, -0.1) is 0 Å². The Morgan fingerprint density at radius 1 is 1.19 bits per heavy atom. The number of para-hydroxylation sites is 1. The maximum absolute atomic E-state index is 12.5. The van der Waals surface area contributed by atoms with Crippen molar-refractivity contribution in [3.63, 3.8) is 0 Å². The molecule has 2 aromatic carbocycles. The van der Waals surface area contributed by atoms with Crippen LogP contribution in [-0.2, 0) is 12.0 Å². The number of hydrogen-bond acceptors (Lipinski definition) is 4. The Balaban J connectivity index is 1.68. The smallest absolute Gasteiger partial charge is 0.261 e. The van der Waals surface area contributed by atoms with Crippen LogP contribution in [-0.4, -0.2) is 27.4 Å². The number of aliphatic hydroxyl groups excluding tert-OH is 1. The number of hydrogen-bond donors (Lipinski definition) is 1. The summed E-state index contributed by atoms with van der Waals surface area (Å²) in [5.74, 6) is 0.742. The summed E-state index contributed by atoms with van der Waals surface area (Å²) < 4.78 is 7.20. The maximum atomic E-state index is 12.5. The number of fused-ring (bicyclic) bond motifs is 1. The lowest BCUT2D eigenvalue weighted by Gasteiger charge is -2.21. The molecule has 3 aromatic rings. The van der Waals surface area contributed by atoms with Crippen molar-refractivity contribution in [1.82, 2.24) is 9.55 Å². The lowest BCUT2D eigenvalue weighted by atomic mass is 9.86. The van der Waals surface area contributed by atoms with Crippen molar-refractivity contribution in [3.8, 4) is 5.75 Å². The van der Waals surface area contributed by atoms with E-state index in [1.165, 1.54) is 16.5 Å². The minimum absolute atomic E-state index is 0.0764. The maximum Gasteiger partial charge on any atom is 0.261 e. The molecule has 0 fully saturated rings. The van der Waals surface area contributed by atoms with Crippen molar-refractivity contribution in [2.75, 3.05) is 6.61 Å². The number of ether oxygens (including phenoxy) is 1. The lowest BCUT2D eigenvalue weighted by molar-refractivity contribution is 0.0911. The zero-order valence-corrected chi connectivity index (χ0v) is 16.3. The second kappa shape index (κ2) is 7.53. The molecule has 27 heavy (non-hydrogen) atoms. The first-order valence-electron chi connectivity index (χ1n) is 9.12. The molecule has 1 atom stereocenters. The number of aryl methyl sites for hydroxylation is 1. The quantitative estimate of drug-likeness (QED) is 0.751. The van der Waals surface area contributed by atoms with Gasteiger partial charge in [0.25, 0.3) is 5.56 Å². The molecule has 0 aliphatic heterocycles. The van der Waals surface area contributed by atoms with Gasteiger partial charge >= 0.3 is 0 Å². The van der Waals surface area contributed by atoms with E-state index < -0.39 is 6.10 Å². The third kappa shape index (κ3) is 4.37. The average Bonchev–Trinajstić information content (AvgIpc) is 2.62. The van der Waals surface area contributed by atoms with Crippen molar-refractivity contribution < 1.29 is 9.84 Å². The molecule has 142 valence electrons. The van der Waals surface area contributed by atoms with Gasteiger partial charge in [-0.25, -0.2) is 4.98 Å². The molecule has 0 amide bonds. The van der Waals surface area contributed by atoms with Crippen LogP contribution in [0.2, 0.25) is 0 Å². The molecule has 0 radical (unpaired) electrons. The van der Waals surface area contributed by atoms with E-state index in [0.29, 0.717) is 10.9 Å². The molecule has 0 saturated heterocycles. The largest absolute Gasteiger partial charge is 0.491 e. The molecule has 0 aliphatic rings. The molecular weight excluding hydrogens is 340 g/mol. The Bertz CT molecular complexity index is 1000. The Labute approximate surface area is 159 Å². The summed E-state index contributed by atoms with van der Waals surface area (Å²) in [6, 6.07) is 13.3.